The molecule has 0 aliphatic carbocycles. The number of rotatable bonds is 60. The summed E-state index contributed by atoms with van der Waals surface area (Å²) < 4.78 is 16.9. The van der Waals surface area contributed by atoms with Crippen molar-refractivity contribution in [2.75, 3.05) is 13.2 Å². The van der Waals surface area contributed by atoms with Crippen molar-refractivity contribution in [1.29, 1.82) is 0 Å². The quantitative estimate of drug-likeness (QED) is 0.0261. The predicted octanol–water partition coefficient (Wildman–Crippen LogP) is 23.2. The van der Waals surface area contributed by atoms with Gasteiger partial charge >= 0.3 is 17.9 Å². The fourth-order valence-electron chi connectivity index (χ4n) is 9.20. The summed E-state index contributed by atoms with van der Waals surface area (Å²) in [6.07, 6.45) is 93.5. The first-order valence-electron chi connectivity index (χ1n) is 33.5. The maximum absolute atomic E-state index is 12.9. The summed E-state index contributed by atoms with van der Waals surface area (Å²) in [5, 5.41) is 0. The van der Waals surface area contributed by atoms with E-state index in [1.807, 2.05) is 0 Å². The van der Waals surface area contributed by atoms with E-state index in [1.54, 1.807) is 0 Å². The molecular formula is C74H124O6. The van der Waals surface area contributed by atoms with Gasteiger partial charge in [0.2, 0.25) is 0 Å². The van der Waals surface area contributed by atoms with E-state index in [4.69, 9.17) is 14.2 Å². The minimum atomic E-state index is -0.789. The van der Waals surface area contributed by atoms with Gasteiger partial charge in [0.1, 0.15) is 13.2 Å². The lowest BCUT2D eigenvalue weighted by Crippen LogP contribution is -2.30. The molecule has 80 heavy (non-hydrogen) atoms. The zero-order valence-corrected chi connectivity index (χ0v) is 52.3. The van der Waals surface area contributed by atoms with Crippen molar-refractivity contribution >= 4 is 17.9 Å². The molecule has 456 valence electrons. The first-order chi connectivity index (χ1) is 39.5. The molecule has 6 nitrogen and oxygen atoms in total. The molecule has 0 aromatic heterocycles. The van der Waals surface area contributed by atoms with Gasteiger partial charge in [-0.05, 0) is 116 Å². The molecular weight excluding hydrogens is 985 g/mol. The van der Waals surface area contributed by atoms with Crippen LogP contribution < -0.4 is 0 Å². The fraction of sp³-hybridized carbons (Fsp3) is 0.689. The predicted molar refractivity (Wildman–Crippen MR) is 348 cm³/mol. The first-order valence-corrected chi connectivity index (χ1v) is 33.5. The Kier molecular flexibility index (Phi) is 63.8. The van der Waals surface area contributed by atoms with Gasteiger partial charge in [-0.2, -0.15) is 0 Å². The standard InChI is InChI=1S/C74H124O6/c1-4-7-10-13-16-19-22-24-26-28-30-32-34-35-36-37-38-39-41-42-44-46-48-50-52-55-58-61-64-67-73(76)79-70-71(69-78-72(75)66-63-60-57-54-21-18-15-12-9-6-3)80-74(77)68-65-62-59-56-53-51-49-47-45-43-40-33-31-29-27-25-23-20-17-14-11-8-5-2/h7,10,16,19,23-26,29-32,35-36,38-40,42-44,71H,4-6,8-9,11-15,17-18,20-22,27-28,33-34,37,41,45-70H2,1-3H3/b10-7-,19-16-,25-23-,26-24-,31-29-,32-30-,36-35-,39-38-,43-40-,44-42-. The van der Waals surface area contributed by atoms with Gasteiger partial charge in [0, 0.05) is 19.3 Å². The van der Waals surface area contributed by atoms with Crippen LogP contribution in [0.5, 0.6) is 0 Å². The number of esters is 3. The molecule has 0 aromatic rings. The molecule has 0 rings (SSSR count). The number of hydrogen-bond acceptors (Lipinski definition) is 6. The van der Waals surface area contributed by atoms with Gasteiger partial charge in [-0.1, -0.05) is 296 Å². The van der Waals surface area contributed by atoms with Crippen molar-refractivity contribution in [3.05, 3.63) is 122 Å². The van der Waals surface area contributed by atoms with Crippen LogP contribution in [0.2, 0.25) is 0 Å². The molecule has 0 bridgehead atoms. The Morgan fingerprint density at radius 1 is 0.263 bits per heavy atom. The number of unbranched alkanes of at least 4 members (excludes halogenated alkanes) is 29. The monoisotopic (exact) mass is 1110 g/mol. The van der Waals surface area contributed by atoms with E-state index >= 15 is 0 Å². The molecule has 0 aliphatic heterocycles. The molecule has 0 aliphatic rings. The molecule has 0 heterocycles. The lowest BCUT2D eigenvalue weighted by Gasteiger charge is -2.18. The highest BCUT2D eigenvalue weighted by Gasteiger charge is 2.19. The fourth-order valence-corrected chi connectivity index (χ4v) is 9.20. The highest BCUT2D eigenvalue weighted by Crippen LogP contribution is 2.16. The van der Waals surface area contributed by atoms with E-state index < -0.39 is 6.10 Å². The smallest absolute Gasteiger partial charge is 0.306 e. The number of ether oxygens (including phenoxy) is 3. The summed E-state index contributed by atoms with van der Waals surface area (Å²) in [6, 6.07) is 0. The molecule has 0 radical (unpaired) electrons. The zero-order chi connectivity index (χ0) is 57.8. The van der Waals surface area contributed by atoms with Crippen LogP contribution in [0.15, 0.2) is 122 Å². The second kappa shape index (κ2) is 67.3. The third-order valence-corrected chi connectivity index (χ3v) is 14.2. The van der Waals surface area contributed by atoms with Gasteiger partial charge in [-0.15, -0.1) is 0 Å². The zero-order valence-electron chi connectivity index (χ0n) is 52.3. The topological polar surface area (TPSA) is 78.9 Å². The van der Waals surface area contributed by atoms with Crippen molar-refractivity contribution < 1.29 is 28.6 Å². The molecule has 0 spiro atoms. The Bertz CT molecular complexity index is 1650. The van der Waals surface area contributed by atoms with Crippen LogP contribution in [-0.4, -0.2) is 37.2 Å². The van der Waals surface area contributed by atoms with Gasteiger partial charge in [0.25, 0.3) is 0 Å². The molecule has 0 N–H and O–H groups in total. The van der Waals surface area contributed by atoms with Gasteiger partial charge < -0.3 is 14.2 Å². The van der Waals surface area contributed by atoms with Crippen LogP contribution in [0.25, 0.3) is 0 Å². The lowest BCUT2D eigenvalue weighted by molar-refractivity contribution is -0.167. The van der Waals surface area contributed by atoms with Crippen LogP contribution in [0.4, 0.5) is 0 Å². The molecule has 6 heteroatoms. The van der Waals surface area contributed by atoms with Crippen molar-refractivity contribution in [3.63, 3.8) is 0 Å². The average Bonchev–Trinajstić information content (AvgIpc) is 3.46. The minimum absolute atomic E-state index is 0.0844. The number of hydrogen-bond donors (Lipinski definition) is 0. The largest absolute Gasteiger partial charge is 0.462 e. The summed E-state index contributed by atoms with van der Waals surface area (Å²) in [5.74, 6) is -0.898. The number of carbonyl (C=O) groups excluding carboxylic acids is 3. The Balaban J connectivity index is 4.29. The second-order valence-electron chi connectivity index (χ2n) is 22.0. The first kappa shape index (κ1) is 75.8. The molecule has 0 amide bonds. The average molecular weight is 1110 g/mol. The normalized spacial score (nSPS) is 12.9. The van der Waals surface area contributed by atoms with E-state index in [0.717, 1.165) is 128 Å². The molecule has 0 saturated heterocycles. The molecule has 0 fully saturated rings. The van der Waals surface area contributed by atoms with E-state index in [-0.39, 0.29) is 31.1 Å². The van der Waals surface area contributed by atoms with Gasteiger partial charge in [-0.25, -0.2) is 0 Å². The number of allylic oxidation sites excluding steroid dienone is 20. The Morgan fingerprint density at radius 3 is 0.762 bits per heavy atom. The summed E-state index contributed by atoms with van der Waals surface area (Å²) in [4.78, 5) is 38.3. The Hall–Kier alpha value is -4.19. The van der Waals surface area contributed by atoms with Crippen molar-refractivity contribution in [1.82, 2.24) is 0 Å². The Morgan fingerprint density at radius 2 is 0.487 bits per heavy atom. The highest BCUT2D eigenvalue weighted by atomic mass is 16.6. The summed E-state index contributed by atoms with van der Waals surface area (Å²) in [6.45, 7) is 6.50. The van der Waals surface area contributed by atoms with Crippen LogP contribution in [0.1, 0.15) is 310 Å². The summed E-state index contributed by atoms with van der Waals surface area (Å²) in [7, 11) is 0. The van der Waals surface area contributed by atoms with Gasteiger partial charge in [-0.3, -0.25) is 14.4 Å². The van der Waals surface area contributed by atoms with Crippen molar-refractivity contribution in [2.24, 2.45) is 0 Å². The maximum Gasteiger partial charge on any atom is 0.306 e. The van der Waals surface area contributed by atoms with Crippen LogP contribution in [0.3, 0.4) is 0 Å². The van der Waals surface area contributed by atoms with Crippen LogP contribution in [-0.2, 0) is 28.6 Å². The van der Waals surface area contributed by atoms with Crippen LogP contribution >= 0.6 is 0 Å². The molecule has 0 aromatic carbocycles. The SMILES string of the molecule is CC/C=C\C/C=C\C/C=C\C/C=C\C/C=C\C/C=C\C/C=C\CCCCCCCCCC(=O)OCC(COC(=O)CCCCCCCCCCCC)OC(=O)CCCCCCCCCC/C=C\C/C=C\C/C=C\CCCCCCC. The number of carbonyl (C=O) groups is 3. The summed E-state index contributed by atoms with van der Waals surface area (Å²) in [5.41, 5.74) is 0. The van der Waals surface area contributed by atoms with Crippen molar-refractivity contribution in [3.8, 4) is 0 Å². The third kappa shape index (κ3) is 64.6. The second-order valence-corrected chi connectivity index (χ2v) is 22.0. The van der Waals surface area contributed by atoms with Gasteiger partial charge in [0.15, 0.2) is 6.10 Å². The summed E-state index contributed by atoms with van der Waals surface area (Å²) >= 11 is 0. The molecule has 1 unspecified atom stereocenters. The van der Waals surface area contributed by atoms with Crippen molar-refractivity contribution in [2.45, 2.75) is 316 Å². The maximum atomic E-state index is 12.9. The molecule has 1 atom stereocenters. The van der Waals surface area contributed by atoms with E-state index in [2.05, 4.69) is 142 Å². The molecule has 0 saturated carbocycles. The minimum Gasteiger partial charge on any atom is -0.462 e. The van der Waals surface area contributed by atoms with Gasteiger partial charge in [0.05, 0.1) is 0 Å². The highest BCUT2D eigenvalue weighted by molar-refractivity contribution is 5.71. The van der Waals surface area contributed by atoms with E-state index in [1.165, 1.54) is 141 Å². The van der Waals surface area contributed by atoms with E-state index in [0.29, 0.717) is 19.3 Å². The third-order valence-electron chi connectivity index (χ3n) is 14.2. The Labute approximate surface area is 494 Å². The van der Waals surface area contributed by atoms with Crippen LogP contribution in [0, 0.1) is 0 Å². The lowest BCUT2D eigenvalue weighted by atomic mass is 10.1. The van der Waals surface area contributed by atoms with E-state index in [9.17, 15) is 14.4 Å².